The molecule has 8 nitrogen and oxygen atoms in total. The maximum atomic E-state index is 14.4. The average Bonchev–Trinajstić information content (AvgIpc) is 3.41. The number of hydrogen-bond acceptors (Lipinski definition) is 7. The van der Waals surface area contributed by atoms with Crippen molar-refractivity contribution in [2.75, 3.05) is 45.3 Å². The Labute approximate surface area is 242 Å². The Morgan fingerprint density at radius 3 is 2.90 bits per heavy atom. The Kier molecular flexibility index (Phi) is 9.46. The topological polar surface area (TPSA) is 93.2 Å². The molecule has 0 aliphatic carbocycles. The smallest absolute Gasteiger partial charge is 0.325 e. The van der Waals surface area contributed by atoms with Gasteiger partial charge in [0.25, 0.3) is 0 Å². The van der Waals surface area contributed by atoms with Gasteiger partial charge >= 0.3 is 5.97 Å². The third-order valence-corrected chi connectivity index (χ3v) is 8.63. The molecule has 9 heteroatoms. The molecule has 2 N–H and O–H groups in total. The lowest BCUT2D eigenvalue weighted by Crippen LogP contribution is -2.35. The van der Waals surface area contributed by atoms with Crippen molar-refractivity contribution < 1.29 is 28.5 Å². The Balaban J connectivity index is 1.15. The molecule has 3 atom stereocenters. The molecule has 3 aliphatic heterocycles. The largest absolute Gasteiger partial charge is 0.494 e. The average molecular weight is 570 g/mol. The van der Waals surface area contributed by atoms with E-state index in [0.29, 0.717) is 31.9 Å². The van der Waals surface area contributed by atoms with E-state index in [1.54, 1.807) is 13.2 Å². The molecule has 0 amide bonds. The first-order chi connectivity index (χ1) is 19.7. The van der Waals surface area contributed by atoms with Crippen LogP contribution in [0.5, 0.6) is 5.75 Å². The van der Waals surface area contributed by atoms with E-state index in [1.807, 2.05) is 11.0 Å². The number of halogens is 1. The molecule has 1 aromatic carbocycles. The normalized spacial score (nSPS) is 23.0. The molecule has 2 aromatic rings. The van der Waals surface area contributed by atoms with Gasteiger partial charge in [-0.25, -0.2) is 4.39 Å². The molecule has 0 bridgehead atoms. The molecule has 41 heavy (non-hydrogen) atoms. The third-order valence-electron chi connectivity index (χ3n) is 8.63. The number of aliphatic carboxylic acids is 1. The number of anilines is 1. The molecule has 4 heterocycles. The van der Waals surface area contributed by atoms with Gasteiger partial charge in [-0.05, 0) is 80.0 Å². The Bertz CT molecular complexity index is 1190. The molecule has 0 radical (unpaired) electrons. The summed E-state index contributed by atoms with van der Waals surface area (Å²) in [6.07, 6.45) is 6.97. The minimum Gasteiger partial charge on any atom is -0.494 e. The lowest BCUT2D eigenvalue weighted by Gasteiger charge is -2.36. The number of carbonyl (C=O) groups is 1. The van der Waals surface area contributed by atoms with Gasteiger partial charge in [0, 0.05) is 38.0 Å². The van der Waals surface area contributed by atoms with Gasteiger partial charge < -0.3 is 24.6 Å². The van der Waals surface area contributed by atoms with Gasteiger partial charge in [-0.1, -0.05) is 19.9 Å². The van der Waals surface area contributed by atoms with Crippen molar-refractivity contribution in [2.45, 2.75) is 83.5 Å². The third kappa shape index (κ3) is 7.19. The summed E-state index contributed by atoms with van der Waals surface area (Å²) in [6.45, 7) is 7.57. The number of methoxy groups -OCH3 is 1. The lowest BCUT2D eigenvalue weighted by molar-refractivity contribution is -0.143. The molecule has 5 rings (SSSR count). The maximum absolute atomic E-state index is 14.4. The van der Waals surface area contributed by atoms with E-state index in [2.05, 4.69) is 19.2 Å². The number of benzene rings is 1. The van der Waals surface area contributed by atoms with Crippen LogP contribution in [-0.2, 0) is 27.1 Å². The van der Waals surface area contributed by atoms with E-state index in [9.17, 15) is 14.3 Å². The molecule has 2 unspecified atom stereocenters. The first kappa shape index (κ1) is 29.7. The van der Waals surface area contributed by atoms with E-state index in [0.717, 1.165) is 86.3 Å². The zero-order valence-electron chi connectivity index (χ0n) is 24.6. The van der Waals surface area contributed by atoms with Crippen LogP contribution in [0.1, 0.15) is 87.0 Å². The molecule has 0 saturated carbocycles. The quantitative estimate of drug-likeness (QED) is 0.333. The standard InChI is InChI=1S/C32H44FN3O5/c1-32(2)13-11-27(41-20-32)24-10-9-21(33)17-25(24)30(31(37)38)36-15-12-23(19-36)40-16-5-4-7-22-18-28(39-3)29-26(35-22)8-6-14-34-29/h9-10,17-18,23,27,30,34H,4-8,11-16,19-20H2,1-3H3,(H,37,38)/t23-,27?,30?/m1/s1. The molecule has 1 aromatic heterocycles. The first-order valence-corrected chi connectivity index (χ1v) is 15.0. The first-order valence-electron chi connectivity index (χ1n) is 15.0. The summed E-state index contributed by atoms with van der Waals surface area (Å²) in [6, 6.07) is 5.58. The number of aryl methyl sites for hydroxylation is 2. The van der Waals surface area contributed by atoms with E-state index in [-0.39, 0.29) is 17.6 Å². The number of carboxylic acids is 1. The summed E-state index contributed by atoms with van der Waals surface area (Å²) < 4.78 is 32.3. The summed E-state index contributed by atoms with van der Waals surface area (Å²) in [5.41, 5.74) is 4.51. The highest BCUT2D eigenvalue weighted by Crippen LogP contribution is 2.41. The second kappa shape index (κ2) is 13.0. The number of rotatable bonds is 11. The molecule has 224 valence electrons. The van der Waals surface area contributed by atoms with Crippen LogP contribution < -0.4 is 10.1 Å². The van der Waals surface area contributed by atoms with Gasteiger partial charge in [0.1, 0.15) is 17.6 Å². The van der Waals surface area contributed by atoms with Crippen molar-refractivity contribution in [1.82, 2.24) is 9.88 Å². The number of fused-ring (bicyclic) bond motifs is 1. The molecular weight excluding hydrogens is 525 g/mol. The van der Waals surface area contributed by atoms with Crippen LogP contribution in [0.2, 0.25) is 0 Å². The highest BCUT2D eigenvalue weighted by atomic mass is 19.1. The SMILES string of the molecule is COc1cc(CCCCO[C@@H]2CCN(C(C(=O)O)c3cc(F)ccc3C3CCC(C)(C)CO3)C2)nc2c1NCCC2. The van der Waals surface area contributed by atoms with E-state index >= 15 is 0 Å². The number of ether oxygens (including phenoxy) is 3. The van der Waals surface area contributed by atoms with Crippen molar-refractivity contribution >= 4 is 11.7 Å². The second-order valence-electron chi connectivity index (χ2n) is 12.4. The Morgan fingerprint density at radius 1 is 1.29 bits per heavy atom. The minimum absolute atomic E-state index is 0.0476. The highest BCUT2D eigenvalue weighted by molar-refractivity contribution is 5.76. The maximum Gasteiger partial charge on any atom is 0.325 e. The fraction of sp³-hybridized carbons (Fsp3) is 0.625. The van der Waals surface area contributed by atoms with E-state index in [1.165, 1.54) is 12.1 Å². The molecule has 3 aliphatic rings. The van der Waals surface area contributed by atoms with Gasteiger partial charge in [0.05, 0.1) is 37.3 Å². The van der Waals surface area contributed by atoms with Crippen LogP contribution in [0.3, 0.4) is 0 Å². The van der Waals surface area contributed by atoms with Crippen LogP contribution in [0.25, 0.3) is 0 Å². The van der Waals surface area contributed by atoms with E-state index < -0.39 is 17.8 Å². The van der Waals surface area contributed by atoms with Crippen LogP contribution in [-0.4, -0.2) is 67.0 Å². The van der Waals surface area contributed by atoms with Gasteiger partial charge in [-0.2, -0.15) is 0 Å². The molecular formula is C32H44FN3O5. The van der Waals surface area contributed by atoms with Crippen molar-refractivity contribution in [3.63, 3.8) is 0 Å². The number of carboxylic acid groups (broad SMARTS) is 1. The van der Waals surface area contributed by atoms with Crippen molar-refractivity contribution in [1.29, 1.82) is 0 Å². The Hall–Kier alpha value is -2.75. The van der Waals surface area contributed by atoms with Crippen LogP contribution >= 0.6 is 0 Å². The number of unbranched alkanes of at least 4 members (excludes halogenated alkanes) is 1. The number of hydrogen-bond donors (Lipinski definition) is 2. The van der Waals surface area contributed by atoms with Crippen molar-refractivity contribution in [2.24, 2.45) is 5.41 Å². The predicted molar refractivity (Wildman–Crippen MR) is 155 cm³/mol. The fourth-order valence-electron chi connectivity index (χ4n) is 6.35. The predicted octanol–water partition coefficient (Wildman–Crippen LogP) is 5.70. The summed E-state index contributed by atoms with van der Waals surface area (Å²) in [5.74, 6) is -0.544. The molecule has 0 spiro atoms. The van der Waals surface area contributed by atoms with E-state index in [4.69, 9.17) is 19.2 Å². The van der Waals surface area contributed by atoms with Gasteiger partial charge in [0.15, 0.2) is 0 Å². The van der Waals surface area contributed by atoms with Gasteiger partial charge in [0.2, 0.25) is 0 Å². The number of likely N-dealkylation sites (tertiary alicyclic amines) is 1. The number of nitrogens with zero attached hydrogens (tertiary/aromatic N) is 2. The van der Waals surface area contributed by atoms with Crippen LogP contribution in [0.15, 0.2) is 24.3 Å². The Morgan fingerprint density at radius 2 is 2.15 bits per heavy atom. The molecule has 2 saturated heterocycles. The fourth-order valence-corrected chi connectivity index (χ4v) is 6.35. The van der Waals surface area contributed by atoms with Crippen LogP contribution in [0.4, 0.5) is 10.1 Å². The zero-order chi connectivity index (χ0) is 29.0. The summed E-state index contributed by atoms with van der Waals surface area (Å²) in [7, 11) is 1.70. The van der Waals surface area contributed by atoms with Crippen molar-refractivity contribution in [3.05, 3.63) is 52.6 Å². The lowest BCUT2D eigenvalue weighted by atomic mass is 9.82. The highest BCUT2D eigenvalue weighted by Gasteiger charge is 2.38. The monoisotopic (exact) mass is 569 g/mol. The number of pyridine rings is 1. The number of nitrogens with one attached hydrogen (secondary N) is 1. The zero-order valence-corrected chi connectivity index (χ0v) is 24.6. The van der Waals surface area contributed by atoms with Crippen molar-refractivity contribution in [3.8, 4) is 5.75 Å². The molecule has 2 fully saturated rings. The summed E-state index contributed by atoms with van der Waals surface area (Å²) in [4.78, 5) is 19.3. The minimum atomic E-state index is -0.975. The van der Waals surface area contributed by atoms with Gasteiger partial charge in [-0.15, -0.1) is 0 Å². The van der Waals surface area contributed by atoms with Crippen LogP contribution in [0, 0.1) is 11.2 Å². The summed E-state index contributed by atoms with van der Waals surface area (Å²) >= 11 is 0. The van der Waals surface area contributed by atoms with Gasteiger partial charge in [-0.3, -0.25) is 14.7 Å². The second-order valence-corrected chi connectivity index (χ2v) is 12.4. The number of aromatic nitrogens is 1. The summed E-state index contributed by atoms with van der Waals surface area (Å²) in [5, 5.41) is 13.7.